The van der Waals surface area contributed by atoms with Crippen molar-refractivity contribution < 1.29 is 0 Å². The maximum atomic E-state index is 4.43. The van der Waals surface area contributed by atoms with Gasteiger partial charge in [0.15, 0.2) is 0 Å². The molecule has 0 amide bonds. The monoisotopic (exact) mass is 346 g/mol. The summed E-state index contributed by atoms with van der Waals surface area (Å²) in [5.41, 5.74) is 3.97. The Bertz CT molecular complexity index is 1020. The zero-order valence-corrected chi connectivity index (χ0v) is 14.0. The lowest BCUT2D eigenvalue weighted by atomic mass is 9.72. The lowest BCUT2D eigenvalue weighted by molar-refractivity contribution is 0.633. The molecule has 7 heteroatoms. The van der Waals surface area contributed by atoms with Gasteiger partial charge in [0.05, 0.1) is 5.41 Å². The Labute approximate surface area is 147 Å². The number of tetrazole rings is 1. The van der Waals surface area contributed by atoms with Crippen LogP contribution >= 0.6 is 11.3 Å². The highest BCUT2D eigenvalue weighted by Crippen LogP contribution is 2.44. The number of hydrogen-bond acceptors (Lipinski definition) is 5. The molecule has 122 valence electrons. The number of nitrogens with one attached hydrogen (secondary N) is 2. The molecule has 0 bridgehead atoms. The van der Waals surface area contributed by atoms with E-state index in [-0.39, 0.29) is 5.41 Å². The van der Waals surface area contributed by atoms with Gasteiger partial charge in [-0.3, -0.25) is 5.10 Å². The zero-order chi connectivity index (χ0) is 16.7. The van der Waals surface area contributed by atoms with Crippen LogP contribution in [0.5, 0.6) is 0 Å². The van der Waals surface area contributed by atoms with Crippen molar-refractivity contribution in [1.82, 2.24) is 30.8 Å². The Morgan fingerprint density at radius 3 is 2.72 bits per heavy atom. The van der Waals surface area contributed by atoms with E-state index in [0.717, 1.165) is 23.4 Å². The maximum Gasteiger partial charge on any atom is 0.200 e. The van der Waals surface area contributed by atoms with Crippen molar-refractivity contribution in [2.75, 3.05) is 0 Å². The van der Waals surface area contributed by atoms with E-state index >= 15 is 0 Å². The minimum absolute atomic E-state index is 0.189. The van der Waals surface area contributed by atoms with E-state index < -0.39 is 0 Å². The molecule has 0 aliphatic heterocycles. The van der Waals surface area contributed by atoms with E-state index in [0.29, 0.717) is 5.82 Å². The Morgan fingerprint density at radius 1 is 1.04 bits per heavy atom. The average molecular weight is 346 g/mol. The molecular formula is C18H14N6S. The summed E-state index contributed by atoms with van der Waals surface area (Å²) in [5, 5.41) is 23.8. The van der Waals surface area contributed by atoms with Crippen molar-refractivity contribution in [1.29, 1.82) is 0 Å². The topological polar surface area (TPSA) is 83.1 Å². The van der Waals surface area contributed by atoms with Gasteiger partial charge < -0.3 is 0 Å². The van der Waals surface area contributed by atoms with Gasteiger partial charge in [-0.05, 0) is 27.4 Å². The van der Waals surface area contributed by atoms with Gasteiger partial charge in [0.25, 0.3) is 0 Å². The Balaban J connectivity index is 1.66. The molecule has 1 aliphatic rings. The molecule has 3 heterocycles. The molecule has 0 fully saturated rings. The van der Waals surface area contributed by atoms with Gasteiger partial charge in [0.1, 0.15) is 5.69 Å². The number of fused-ring (bicyclic) bond motifs is 1. The van der Waals surface area contributed by atoms with Crippen LogP contribution in [-0.4, -0.2) is 30.8 Å². The molecule has 1 aromatic carbocycles. The van der Waals surface area contributed by atoms with Crippen molar-refractivity contribution in [2.45, 2.75) is 11.8 Å². The minimum Gasteiger partial charge on any atom is -0.281 e. The molecule has 6 nitrogen and oxygen atoms in total. The van der Waals surface area contributed by atoms with Crippen LogP contribution in [0.3, 0.4) is 0 Å². The van der Waals surface area contributed by atoms with Gasteiger partial charge in [-0.2, -0.15) is 5.10 Å². The fourth-order valence-corrected chi connectivity index (χ4v) is 4.41. The molecule has 0 saturated carbocycles. The molecule has 0 radical (unpaired) electrons. The second-order valence-electron chi connectivity index (χ2n) is 6.04. The smallest absolute Gasteiger partial charge is 0.200 e. The fourth-order valence-electron chi connectivity index (χ4n) is 3.48. The van der Waals surface area contributed by atoms with Gasteiger partial charge in [-0.25, -0.2) is 5.10 Å². The van der Waals surface area contributed by atoms with Crippen LogP contribution < -0.4 is 0 Å². The zero-order valence-electron chi connectivity index (χ0n) is 13.2. The highest BCUT2D eigenvalue weighted by atomic mass is 32.1. The number of hydrogen-bond donors (Lipinski definition) is 2. The fraction of sp³-hybridized carbons (Fsp3) is 0.111. The third-order valence-corrected chi connectivity index (χ3v) is 5.74. The largest absolute Gasteiger partial charge is 0.281 e. The van der Waals surface area contributed by atoms with Crippen molar-refractivity contribution >= 4 is 17.4 Å². The van der Waals surface area contributed by atoms with Gasteiger partial charge in [0, 0.05) is 22.6 Å². The van der Waals surface area contributed by atoms with Crippen LogP contribution in [0.25, 0.3) is 17.6 Å². The van der Waals surface area contributed by atoms with Gasteiger partial charge in [-0.15, -0.1) is 16.4 Å². The van der Waals surface area contributed by atoms with Crippen LogP contribution in [-0.2, 0) is 11.8 Å². The van der Waals surface area contributed by atoms with E-state index in [9.17, 15) is 0 Å². The molecule has 1 atom stereocenters. The maximum absolute atomic E-state index is 4.43. The van der Waals surface area contributed by atoms with Gasteiger partial charge in [-0.1, -0.05) is 48.6 Å². The summed E-state index contributed by atoms with van der Waals surface area (Å²) in [5.74, 6) is 0.575. The van der Waals surface area contributed by atoms with Crippen molar-refractivity contribution in [3.63, 3.8) is 0 Å². The summed E-state index contributed by atoms with van der Waals surface area (Å²) < 4.78 is 0. The van der Waals surface area contributed by atoms with E-state index in [4.69, 9.17) is 0 Å². The lowest BCUT2D eigenvalue weighted by Gasteiger charge is -2.33. The minimum atomic E-state index is -0.189. The predicted molar refractivity (Wildman–Crippen MR) is 96.0 cm³/mol. The number of H-pyrrole nitrogens is 2. The third kappa shape index (κ3) is 2.16. The van der Waals surface area contributed by atoms with Gasteiger partial charge >= 0.3 is 0 Å². The summed E-state index contributed by atoms with van der Waals surface area (Å²) in [6, 6.07) is 14.9. The highest BCUT2D eigenvalue weighted by Gasteiger charge is 2.37. The van der Waals surface area contributed by atoms with Crippen molar-refractivity contribution in [2.24, 2.45) is 0 Å². The Morgan fingerprint density at radius 2 is 1.96 bits per heavy atom. The molecule has 5 rings (SSSR count). The van der Waals surface area contributed by atoms with E-state index in [1.165, 1.54) is 10.4 Å². The van der Waals surface area contributed by atoms with Gasteiger partial charge in [0.2, 0.25) is 5.82 Å². The molecule has 0 saturated heterocycles. The first-order valence-electron chi connectivity index (χ1n) is 7.97. The summed E-state index contributed by atoms with van der Waals surface area (Å²) in [6.07, 6.45) is 5.23. The first-order valence-corrected chi connectivity index (χ1v) is 8.85. The second kappa shape index (κ2) is 5.49. The molecule has 4 aromatic rings. The number of thiophene rings is 1. The molecule has 2 N–H and O–H groups in total. The van der Waals surface area contributed by atoms with Crippen LogP contribution in [0.4, 0.5) is 0 Å². The summed E-state index contributed by atoms with van der Waals surface area (Å²) >= 11 is 1.78. The Kier molecular flexibility index (Phi) is 3.14. The molecule has 1 aliphatic carbocycles. The van der Waals surface area contributed by atoms with Crippen molar-refractivity contribution in [3.05, 3.63) is 75.6 Å². The SMILES string of the molecule is C1=CC(c2ccccc2)(c2cccs2)Cc2[nH]nc(-c3nnn[nH]3)c21. The Hall–Kier alpha value is -3.06. The van der Waals surface area contributed by atoms with Crippen molar-refractivity contribution in [3.8, 4) is 11.5 Å². The van der Waals surface area contributed by atoms with Crippen LogP contribution in [0.1, 0.15) is 21.7 Å². The first kappa shape index (κ1) is 14.3. The first-order chi connectivity index (χ1) is 12.4. The third-order valence-electron chi connectivity index (χ3n) is 4.69. The van der Waals surface area contributed by atoms with E-state index in [1.54, 1.807) is 11.3 Å². The molecular weight excluding hydrogens is 332 g/mol. The van der Waals surface area contributed by atoms with Crippen LogP contribution in [0, 0.1) is 0 Å². The normalized spacial score (nSPS) is 19.0. The number of nitrogens with zero attached hydrogens (tertiary/aromatic N) is 4. The van der Waals surface area contributed by atoms with Crippen LogP contribution in [0.2, 0.25) is 0 Å². The summed E-state index contributed by atoms with van der Waals surface area (Å²) in [7, 11) is 0. The number of rotatable bonds is 3. The lowest BCUT2D eigenvalue weighted by Crippen LogP contribution is -2.29. The summed E-state index contributed by atoms with van der Waals surface area (Å²) in [4.78, 5) is 1.32. The molecule has 1 unspecified atom stereocenters. The summed E-state index contributed by atoms with van der Waals surface area (Å²) in [6.45, 7) is 0. The highest BCUT2D eigenvalue weighted by molar-refractivity contribution is 7.10. The standard InChI is InChI=1S/C18H14N6S/c1-2-5-12(6-3-1)18(15-7-4-10-25-15)9-8-13-14(11-18)19-20-16(13)17-21-23-24-22-17/h1-10H,11H2,(H,19,20)(H,21,22,23,24). The molecule has 3 aromatic heterocycles. The second-order valence-corrected chi connectivity index (χ2v) is 6.99. The van der Waals surface area contributed by atoms with E-state index in [2.05, 4.69) is 90.8 Å². The average Bonchev–Trinajstić information content (AvgIpc) is 3.42. The molecule has 25 heavy (non-hydrogen) atoms. The quantitative estimate of drug-likeness (QED) is 0.597. The number of allylic oxidation sites excluding steroid dienone is 1. The van der Waals surface area contributed by atoms with Crippen LogP contribution in [0.15, 0.2) is 53.9 Å². The number of benzene rings is 1. The van der Waals surface area contributed by atoms with E-state index in [1.807, 2.05) is 0 Å². The number of aromatic nitrogens is 6. The number of aromatic amines is 2. The molecule has 0 spiro atoms. The predicted octanol–water partition coefficient (Wildman–Crippen LogP) is 3.21.